The molecule has 0 spiro atoms. The first-order chi connectivity index (χ1) is 10.9. The number of amides is 1. The van der Waals surface area contributed by atoms with Crippen molar-refractivity contribution in [1.82, 2.24) is 5.32 Å². The number of nitrogens with one attached hydrogen (secondary N) is 1. The molecule has 1 amide bonds. The van der Waals surface area contributed by atoms with E-state index in [2.05, 4.69) is 5.32 Å². The molecule has 120 valence electrons. The van der Waals surface area contributed by atoms with Gasteiger partial charge in [-0.3, -0.25) is 4.79 Å². The van der Waals surface area contributed by atoms with Crippen molar-refractivity contribution in [3.8, 4) is 0 Å². The minimum absolute atomic E-state index is 0.0938. The summed E-state index contributed by atoms with van der Waals surface area (Å²) in [4.78, 5) is 23.5. The molecule has 0 heterocycles. The summed E-state index contributed by atoms with van der Waals surface area (Å²) in [6.07, 6.45) is 0.164. The van der Waals surface area contributed by atoms with Gasteiger partial charge in [-0.1, -0.05) is 24.3 Å². The number of hydrogen-bond donors (Lipinski definition) is 2. The summed E-state index contributed by atoms with van der Waals surface area (Å²) in [7, 11) is 0. The van der Waals surface area contributed by atoms with E-state index in [9.17, 15) is 19.1 Å². The van der Waals surface area contributed by atoms with Crippen molar-refractivity contribution in [3.63, 3.8) is 0 Å². The molecule has 0 saturated heterocycles. The molecule has 0 fully saturated rings. The quantitative estimate of drug-likeness (QED) is 0.891. The molecular formula is C18H18FNO3. The lowest BCUT2D eigenvalue weighted by Gasteiger charge is -2.15. The zero-order valence-corrected chi connectivity index (χ0v) is 13.0. The van der Waals surface area contributed by atoms with Crippen LogP contribution in [0.5, 0.6) is 0 Å². The number of halogens is 1. The summed E-state index contributed by atoms with van der Waals surface area (Å²) in [5.74, 6) is -2.28. The second-order valence-electron chi connectivity index (χ2n) is 5.50. The van der Waals surface area contributed by atoms with Crippen LogP contribution in [0.2, 0.25) is 0 Å². The Morgan fingerprint density at radius 1 is 1.13 bits per heavy atom. The number of carbonyl (C=O) groups excluding carboxylic acids is 1. The Kier molecular flexibility index (Phi) is 5.11. The van der Waals surface area contributed by atoms with Gasteiger partial charge in [0.1, 0.15) is 11.9 Å². The topological polar surface area (TPSA) is 66.4 Å². The van der Waals surface area contributed by atoms with Gasteiger partial charge < -0.3 is 10.4 Å². The van der Waals surface area contributed by atoms with Gasteiger partial charge in [-0.15, -0.1) is 0 Å². The molecule has 0 aliphatic carbocycles. The van der Waals surface area contributed by atoms with Crippen molar-refractivity contribution in [2.24, 2.45) is 0 Å². The molecule has 4 nitrogen and oxygen atoms in total. The van der Waals surface area contributed by atoms with E-state index in [1.165, 1.54) is 18.2 Å². The summed E-state index contributed by atoms with van der Waals surface area (Å²) >= 11 is 0. The van der Waals surface area contributed by atoms with Gasteiger partial charge in [0, 0.05) is 12.0 Å². The highest BCUT2D eigenvalue weighted by Crippen LogP contribution is 2.12. The van der Waals surface area contributed by atoms with Crippen LogP contribution < -0.4 is 5.32 Å². The summed E-state index contributed by atoms with van der Waals surface area (Å²) in [5.41, 5.74) is 3.09. The highest BCUT2D eigenvalue weighted by atomic mass is 19.1. The second-order valence-corrected chi connectivity index (χ2v) is 5.50. The van der Waals surface area contributed by atoms with E-state index in [4.69, 9.17) is 0 Å². The van der Waals surface area contributed by atoms with Crippen LogP contribution in [0.15, 0.2) is 42.5 Å². The average Bonchev–Trinajstić information content (AvgIpc) is 2.50. The predicted octanol–water partition coefficient (Wildman–Crippen LogP) is 2.87. The van der Waals surface area contributed by atoms with Gasteiger partial charge in [-0.25, -0.2) is 9.18 Å². The molecule has 2 rings (SSSR count). The van der Waals surface area contributed by atoms with E-state index in [-0.39, 0.29) is 12.0 Å². The number of aliphatic carboxylic acids is 1. The molecule has 23 heavy (non-hydrogen) atoms. The average molecular weight is 315 g/mol. The van der Waals surface area contributed by atoms with Crippen molar-refractivity contribution in [2.75, 3.05) is 0 Å². The Labute approximate surface area is 134 Å². The van der Waals surface area contributed by atoms with Gasteiger partial charge in [-0.2, -0.15) is 0 Å². The summed E-state index contributed by atoms with van der Waals surface area (Å²) < 4.78 is 13.2. The number of carboxylic acid groups (broad SMARTS) is 1. The first-order valence-corrected chi connectivity index (χ1v) is 7.22. The van der Waals surface area contributed by atoms with Gasteiger partial charge >= 0.3 is 5.97 Å². The predicted molar refractivity (Wildman–Crippen MR) is 84.9 cm³/mol. The van der Waals surface area contributed by atoms with Crippen LogP contribution in [0.25, 0.3) is 0 Å². The van der Waals surface area contributed by atoms with Gasteiger partial charge in [0.2, 0.25) is 0 Å². The van der Waals surface area contributed by atoms with Crippen molar-refractivity contribution in [2.45, 2.75) is 26.3 Å². The highest BCUT2D eigenvalue weighted by molar-refractivity contribution is 5.96. The lowest BCUT2D eigenvalue weighted by molar-refractivity contribution is -0.139. The molecule has 2 aromatic carbocycles. The molecule has 0 aromatic heterocycles. The van der Waals surface area contributed by atoms with Crippen molar-refractivity contribution in [1.29, 1.82) is 0 Å². The maximum absolute atomic E-state index is 13.2. The molecule has 0 aliphatic heterocycles. The monoisotopic (exact) mass is 315 g/mol. The van der Waals surface area contributed by atoms with Crippen LogP contribution in [-0.2, 0) is 11.2 Å². The molecule has 0 saturated carbocycles. The number of rotatable bonds is 5. The van der Waals surface area contributed by atoms with Crippen LogP contribution in [-0.4, -0.2) is 23.0 Å². The summed E-state index contributed by atoms with van der Waals surface area (Å²) in [5, 5.41) is 11.8. The van der Waals surface area contributed by atoms with E-state index in [0.717, 1.165) is 22.8 Å². The summed E-state index contributed by atoms with van der Waals surface area (Å²) in [6, 6.07) is 9.72. The molecule has 0 aliphatic rings. The molecule has 2 aromatic rings. The SMILES string of the molecule is Cc1ccc(C[C@@H](NC(=O)c2cccc(F)c2)C(=O)O)cc1C. The standard InChI is InChI=1S/C18H18FNO3/c1-11-6-7-13(8-12(11)2)9-16(18(22)23)20-17(21)14-4-3-5-15(19)10-14/h3-8,10,16H,9H2,1-2H3,(H,20,21)(H,22,23)/t16-/m1/s1. The molecule has 2 N–H and O–H groups in total. The number of benzene rings is 2. The Balaban J connectivity index is 2.14. The third-order valence-corrected chi connectivity index (χ3v) is 3.70. The van der Waals surface area contributed by atoms with Crippen LogP contribution in [0.4, 0.5) is 4.39 Å². The van der Waals surface area contributed by atoms with Crippen LogP contribution >= 0.6 is 0 Å². The zero-order valence-electron chi connectivity index (χ0n) is 13.0. The van der Waals surface area contributed by atoms with E-state index in [1.54, 1.807) is 0 Å². The van der Waals surface area contributed by atoms with E-state index in [1.807, 2.05) is 32.0 Å². The van der Waals surface area contributed by atoms with Crippen molar-refractivity contribution < 1.29 is 19.1 Å². The maximum Gasteiger partial charge on any atom is 0.326 e. The molecule has 0 radical (unpaired) electrons. The molecule has 5 heteroatoms. The third-order valence-electron chi connectivity index (χ3n) is 3.70. The molecule has 0 bridgehead atoms. The number of carboxylic acids is 1. The van der Waals surface area contributed by atoms with Crippen LogP contribution in [0.1, 0.15) is 27.0 Å². The highest BCUT2D eigenvalue weighted by Gasteiger charge is 2.21. The number of hydrogen-bond acceptors (Lipinski definition) is 2. The van der Waals surface area contributed by atoms with Gasteiger partial charge in [0.05, 0.1) is 0 Å². The van der Waals surface area contributed by atoms with E-state index < -0.39 is 23.7 Å². The fourth-order valence-electron chi connectivity index (χ4n) is 2.24. The van der Waals surface area contributed by atoms with Crippen LogP contribution in [0, 0.1) is 19.7 Å². The second kappa shape index (κ2) is 7.05. The molecule has 1 atom stereocenters. The smallest absolute Gasteiger partial charge is 0.326 e. The fourth-order valence-corrected chi connectivity index (χ4v) is 2.24. The number of carbonyl (C=O) groups is 2. The maximum atomic E-state index is 13.2. The zero-order chi connectivity index (χ0) is 17.0. The Morgan fingerprint density at radius 3 is 2.48 bits per heavy atom. The van der Waals surface area contributed by atoms with Crippen molar-refractivity contribution in [3.05, 3.63) is 70.5 Å². The lowest BCUT2D eigenvalue weighted by Crippen LogP contribution is -2.42. The first-order valence-electron chi connectivity index (χ1n) is 7.22. The minimum atomic E-state index is -1.13. The minimum Gasteiger partial charge on any atom is -0.480 e. The Hall–Kier alpha value is -2.69. The summed E-state index contributed by atoms with van der Waals surface area (Å²) in [6.45, 7) is 3.92. The van der Waals surface area contributed by atoms with Gasteiger partial charge in [-0.05, 0) is 48.7 Å². The van der Waals surface area contributed by atoms with Gasteiger partial charge in [0.15, 0.2) is 0 Å². The largest absolute Gasteiger partial charge is 0.480 e. The normalized spacial score (nSPS) is 11.8. The first kappa shape index (κ1) is 16.7. The van der Waals surface area contributed by atoms with Gasteiger partial charge in [0.25, 0.3) is 5.91 Å². The Morgan fingerprint density at radius 2 is 1.87 bits per heavy atom. The third kappa shape index (κ3) is 4.39. The lowest BCUT2D eigenvalue weighted by atomic mass is 10.0. The molecule has 0 unspecified atom stereocenters. The number of aryl methyl sites for hydroxylation is 2. The van der Waals surface area contributed by atoms with E-state index in [0.29, 0.717) is 0 Å². The van der Waals surface area contributed by atoms with Crippen molar-refractivity contribution >= 4 is 11.9 Å². The van der Waals surface area contributed by atoms with Crippen LogP contribution in [0.3, 0.4) is 0 Å². The fraction of sp³-hybridized carbons (Fsp3) is 0.222. The molecular weight excluding hydrogens is 297 g/mol. The van der Waals surface area contributed by atoms with E-state index >= 15 is 0 Å². The Bertz CT molecular complexity index is 743.